The number of aliphatic hydroxyl groups is 1. The summed E-state index contributed by atoms with van der Waals surface area (Å²) in [6.45, 7) is 4.51. The van der Waals surface area contributed by atoms with E-state index in [0.29, 0.717) is 42.7 Å². The molecule has 0 saturated carbocycles. The van der Waals surface area contributed by atoms with E-state index < -0.39 is 6.61 Å². The lowest BCUT2D eigenvalue weighted by Gasteiger charge is -2.31. The maximum Gasteiger partial charge on any atom is 0.248 e. The van der Waals surface area contributed by atoms with Gasteiger partial charge >= 0.3 is 0 Å². The average Bonchev–Trinajstić information content (AvgIpc) is 3.00. The van der Waals surface area contributed by atoms with Crippen LogP contribution in [0.15, 0.2) is 54.7 Å². The fourth-order valence-electron chi connectivity index (χ4n) is 4.85. The highest BCUT2D eigenvalue weighted by atomic mass is 16.5. The minimum atomic E-state index is -0.453. The van der Waals surface area contributed by atoms with Crippen LogP contribution in [0.1, 0.15) is 18.4 Å². The molecule has 0 bridgehead atoms. The summed E-state index contributed by atoms with van der Waals surface area (Å²) in [6, 6.07) is 17.7. The van der Waals surface area contributed by atoms with Crippen molar-refractivity contribution in [1.82, 2.24) is 14.9 Å². The normalized spacial score (nSPS) is 16.0. The van der Waals surface area contributed by atoms with Crippen LogP contribution in [0.4, 0.5) is 17.3 Å². The molecule has 3 heterocycles. The number of morpholine rings is 1. The van der Waals surface area contributed by atoms with Gasteiger partial charge in [-0.05, 0) is 67.3 Å². The van der Waals surface area contributed by atoms with Gasteiger partial charge in [0.2, 0.25) is 11.9 Å². The number of hydrogen-bond donors (Lipinski definition) is 2. The van der Waals surface area contributed by atoms with Crippen molar-refractivity contribution in [2.45, 2.75) is 12.8 Å². The van der Waals surface area contributed by atoms with E-state index in [1.165, 1.54) is 0 Å². The highest BCUT2D eigenvalue weighted by molar-refractivity contribution is 5.77. The van der Waals surface area contributed by atoms with Crippen molar-refractivity contribution < 1.29 is 19.4 Å². The number of anilines is 3. The summed E-state index contributed by atoms with van der Waals surface area (Å²) in [4.78, 5) is 24.6. The molecule has 0 aliphatic carbocycles. The first-order valence-corrected chi connectivity index (χ1v) is 13.2. The first-order chi connectivity index (χ1) is 19.1. The Morgan fingerprint density at radius 3 is 2.59 bits per heavy atom. The highest BCUT2D eigenvalue weighted by Gasteiger charge is 2.23. The van der Waals surface area contributed by atoms with E-state index in [0.717, 1.165) is 56.1 Å². The number of piperidine rings is 1. The Morgan fingerprint density at radius 2 is 1.87 bits per heavy atom. The third-order valence-electron chi connectivity index (χ3n) is 7.13. The second-order valence-corrected chi connectivity index (χ2v) is 9.65. The number of nitrogens with zero attached hydrogens (tertiary/aromatic N) is 5. The minimum Gasteiger partial charge on any atom is -0.492 e. The molecule has 2 saturated heterocycles. The molecule has 0 radical (unpaired) electrons. The lowest BCUT2D eigenvalue weighted by atomic mass is 9.97. The fraction of sp³-hybridized carbons (Fsp3) is 0.379. The summed E-state index contributed by atoms with van der Waals surface area (Å²) < 4.78 is 11.4. The minimum absolute atomic E-state index is 0.235. The standard InChI is InChI=1S/C29H32N6O4/c30-18-23-17-22(1-6-27(23)39-20-21-8-11-35(12-9-21)28(37)19-36)26-7-10-31-29(33-26)32-24-2-4-25(5-3-24)34-13-15-38-16-14-34/h1-7,10,17,21,36H,8-9,11-16,19-20H2,(H,31,32,33). The third kappa shape index (κ3) is 6.63. The van der Waals surface area contributed by atoms with Gasteiger partial charge in [0.15, 0.2) is 0 Å². The molecular weight excluding hydrogens is 496 g/mol. The van der Waals surface area contributed by atoms with Crippen molar-refractivity contribution in [3.63, 3.8) is 0 Å². The summed E-state index contributed by atoms with van der Waals surface area (Å²) in [7, 11) is 0. The van der Waals surface area contributed by atoms with Crippen LogP contribution in [0, 0.1) is 17.2 Å². The van der Waals surface area contributed by atoms with Crippen molar-refractivity contribution in [1.29, 1.82) is 5.26 Å². The molecule has 39 heavy (non-hydrogen) atoms. The molecule has 2 fully saturated rings. The number of amides is 1. The fourth-order valence-corrected chi connectivity index (χ4v) is 4.85. The molecule has 1 amide bonds. The van der Waals surface area contributed by atoms with Crippen molar-refractivity contribution >= 4 is 23.2 Å². The number of hydrogen-bond acceptors (Lipinski definition) is 9. The number of benzene rings is 2. The molecule has 2 aliphatic rings. The van der Waals surface area contributed by atoms with Gasteiger partial charge in [-0.15, -0.1) is 0 Å². The van der Waals surface area contributed by atoms with E-state index in [2.05, 4.69) is 38.4 Å². The largest absolute Gasteiger partial charge is 0.492 e. The summed E-state index contributed by atoms with van der Waals surface area (Å²) in [5, 5.41) is 22.1. The van der Waals surface area contributed by atoms with Gasteiger partial charge in [-0.25, -0.2) is 9.97 Å². The van der Waals surface area contributed by atoms with Crippen LogP contribution in [0.25, 0.3) is 11.3 Å². The zero-order valence-corrected chi connectivity index (χ0v) is 21.8. The summed E-state index contributed by atoms with van der Waals surface area (Å²) in [5.74, 6) is 1.05. The van der Waals surface area contributed by atoms with E-state index in [1.807, 2.05) is 24.3 Å². The van der Waals surface area contributed by atoms with Crippen molar-refractivity contribution in [2.24, 2.45) is 5.92 Å². The maximum atomic E-state index is 11.7. The number of rotatable bonds is 8. The van der Waals surface area contributed by atoms with Gasteiger partial charge in [-0.3, -0.25) is 4.79 Å². The lowest BCUT2D eigenvalue weighted by Crippen LogP contribution is -2.41. The number of carbonyl (C=O) groups excluding carboxylic acids is 1. The summed E-state index contributed by atoms with van der Waals surface area (Å²) in [6.07, 6.45) is 3.30. The number of carbonyl (C=O) groups is 1. The van der Waals surface area contributed by atoms with Crippen LogP contribution >= 0.6 is 0 Å². The first-order valence-electron chi connectivity index (χ1n) is 13.2. The van der Waals surface area contributed by atoms with Gasteiger partial charge in [-0.2, -0.15) is 5.26 Å². The van der Waals surface area contributed by atoms with Crippen LogP contribution in [-0.4, -0.2) is 78.5 Å². The Bertz CT molecular complexity index is 1310. The molecule has 5 rings (SSSR count). The molecule has 2 N–H and O–H groups in total. The zero-order valence-electron chi connectivity index (χ0n) is 21.8. The van der Waals surface area contributed by atoms with E-state index in [1.54, 1.807) is 23.2 Å². The van der Waals surface area contributed by atoms with Crippen LogP contribution in [-0.2, 0) is 9.53 Å². The van der Waals surface area contributed by atoms with Crippen molar-refractivity contribution in [3.05, 3.63) is 60.3 Å². The van der Waals surface area contributed by atoms with E-state index in [-0.39, 0.29) is 11.8 Å². The number of aromatic nitrogens is 2. The van der Waals surface area contributed by atoms with Crippen LogP contribution in [0.3, 0.4) is 0 Å². The zero-order chi connectivity index (χ0) is 27.0. The third-order valence-corrected chi connectivity index (χ3v) is 7.13. The Kier molecular flexibility index (Phi) is 8.51. The van der Waals surface area contributed by atoms with Gasteiger partial charge in [0, 0.05) is 49.3 Å². The number of likely N-dealkylation sites (tertiary alicyclic amines) is 1. The lowest BCUT2D eigenvalue weighted by molar-refractivity contribution is -0.135. The predicted molar refractivity (Wildman–Crippen MR) is 147 cm³/mol. The van der Waals surface area contributed by atoms with E-state index in [9.17, 15) is 10.1 Å². The van der Waals surface area contributed by atoms with Crippen LogP contribution in [0.5, 0.6) is 5.75 Å². The number of aliphatic hydroxyl groups excluding tert-OH is 1. The smallest absolute Gasteiger partial charge is 0.248 e. The number of nitrogens with one attached hydrogen (secondary N) is 1. The monoisotopic (exact) mass is 528 g/mol. The molecule has 10 nitrogen and oxygen atoms in total. The number of nitriles is 1. The molecule has 202 valence electrons. The Balaban J connectivity index is 1.20. The first kappa shape index (κ1) is 26.4. The van der Waals surface area contributed by atoms with E-state index >= 15 is 0 Å². The van der Waals surface area contributed by atoms with Gasteiger partial charge < -0.3 is 29.7 Å². The summed E-state index contributed by atoms with van der Waals surface area (Å²) >= 11 is 0. The topological polar surface area (TPSA) is 124 Å². The van der Waals surface area contributed by atoms with Crippen LogP contribution in [0.2, 0.25) is 0 Å². The van der Waals surface area contributed by atoms with Gasteiger partial charge in [0.05, 0.1) is 31.1 Å². The van der Waals surface area contributed by atoms with Gasteiger partial charge in [-0.1, -0.05) is 0 Å². The second kappa shape index (κ2) is 12.6. The van der Waals surface area contributed by atoms with Gasteiger partial charge in [0.25, 0.3) is 0 Å². The molecule has 0 atom stereocenters. The molecular formula is C29H32N6O4. The van der Waals surface area contributed by atoms with Crippen LogP contribution < -0.4 is 15.0 Å². The van der Waals surface area contributed by atoms with Crippen molar-refractivity contribution in [3.8, 4) is 23.1 Å². The van der Waals surface area contributed by atoms with Gasteiger partial charge in [0.1, 0.15) is 18.4 Å². The highest BCUT2D eigenvalue weighted by Crippen LogP contribution is 2.28. The summed E-state index contributed by atoms with van der Waals surface area (Å²) in [5.41, 5.74) is 3.97. The molecule has 0 spiro atoms. The van der Waals surface area contributed by atoms with E-state index in [4.69, 9.17) is 14.6 Å². The SMILES string of the molecule is N#Cc1cc(-c2ccnc(Nc3ccc(N4CCOCC4)cc3)n2)ccc1OCC1CCN(C(=O)CO)CC1. The Hall–Kier alpha value is -4.20. The van der Waals surface area contributed by atoms with Crippen molar-refractivity contribution in [2.75, 3.05) is 62.8 Å². The molecule has 10 heteroatoms. The maximum absolute atomic E-state index is 11.7. The second-order valence-electron chi connectivity index (χ2n) is 9.65. The molecule has 3 aromatic rings. The molecule has 1 aromatic heterocycles. The predicted octanol–water partition coefficient (Wildman–Crippen LogP) is 3.21. The Labute approximate surface area is 227 Å². The quantitative estimate of drug-likeness (QED) is 0.454. The molecule has 2 aliphatic heterocycles. The average molecular weight is 529 g/mol. The molecule has 0 unspecified atom stereocenters. The molecule has 2 aromatic carbocycles. The Morgan fingerprint density at radius 1 is 1.10 bits per heavy atom. The number of ether oxygens (including phenoxy) is 2.